The minimum Gasteiger partial charge on any atom is -0.493 e. The molecule has 10 heteroatoms. The maximum atomic E-state index is 14.3. The van der Waals surface area contributed by atoms with E-state index in [1.54, 1.807) is 12.1 Å². The lowest BCUT2D eigenvalue weighted by Crippen LogP contribution is -2.43. The highest BCUT2D eigenvalue weighted by atomic mass is 19.2. The smallest absolute Gasteiger partial charge is 0.326 e. The maximum absolute atomic E-state index is 14.3. The second-order valence-corrected chi connectivity index (χ2v) is 9.28. The van der Waals surface area contributed by atoms with Gasteiger partial charge < -0.3 is 19.9 Å². The first kappa shape index (κ1) is 25.6. The van der Waals surface area contributed by atoms with E-state index in [9.17, 15) is 32.3 Å². The van der Waals surface area contributed by atoms with Gasteiger partial charge in [0.2, 0.25) is 0 Å². The van der Waals surface area contributed by atoms with Crippen molar-refractivity contribution in [3.05, 3.63) is 82.4 Å². The van der Waals surface area contributed by atoms with Gasteiger partial charge in [-0.3, -0.25) is 4.79 Å². The molecule has 3 aromatic carbocycles. The largest absolute Gasteiger partial charge is 0.493 e. The lowest BCUT2D eigenvalue weighted by atomic mass is 9.90. The number of halogens is 4. The van der Waals surface area contributed by atoms with Gasteiger partial charge in [-0.2, -0.15) is 0 Å². The van der Waals surface area contributed by atoms with Crippen molar-refractivity contribution in [3.8, 4) is 22.6 Å². The molecule has 1 atom stereocenters. The fraction of sp³-hybridized carbons (Fsp3) is 0.286. The molecule has 1 unspecified atom stereocenters. The predicted octanol–water partition coefficient (Wildman–Crippen LogP) is 5.20. The minimum absolute atomic E-state index is 0.0751. The van der Waals surface area contributed by atoms with Crippen molar-refractivity contribution < 1.29 is 41.7 Å². The normalized spacial score (nSPS) is 15.3. The van der Waals surface area contributed by atoms with Crippen molar-refractivity contribution >= 4 is 11.9 Å². The van der Waals surface area contributed by atoms with E-state index >= 15 is 0 Å². The molecule has 0 radical (unpaired) electrons. The SMILES string of the molecule is O=C(NC(Cc1ccc(-c2cc(F)c(F)cc2OC2CC2)c2c1CCCO2)C(=O)O)c1c(F)cccc1F. The topological polar surface area (TPSA) is 84.9 Å². The molecule has 0 aromatic heterocycles. The van der Waals surface area contributed by atoms with Crippen molar-refractivity contribution in [1.29, 1.82) is 0 Å². The average Bonchev–Trinajstić information content (AvgIpc) is 3.70. The zero-order valence-electron chi connectivity index (χ0n) is 20.0. The molecule has 0 bridgehead atoms. The Balaban J connectivity index is 1.49. The third-order valence-corrected chi connectivity index (χ3v) is 6.52. The van der Waals surface area contributed by atoms with Crippen molar-refractivity contribution in [1.82, 2.24) is 5.32 Å². The molecule has 1 aliphatic heterocycles. The predicted molar refractivity (Wildman–Crippen MR) is 128 cm³/mol. The van der Waals surface area contributed by atoms with Gasteiger partial charge in [-0.15, -0.1) is 0 Å². The summed E-state index contributed by atoms with van der Waals surface area (Å²) in [7, 11) is 0. The van der Waals surface area contributed by atoms with E-state index in [0.717, 1.165) is 43.2 Å². The molecule has 3 aromatic rings. The van der Waals surface area contributed by atoms with Crippen LogP contribution in [0, 0.1) is 23.3 Å². The summed E-state index contributed by atoms with van der Waals surface area (Å²) in [6.07, 6.45) is 2.47. The molecular weight excluding hydrogens is 506 g/mol. The summed E-state index contributed by atoms with van der Waals surface area (Å²) in [4.78, 5) is 24.5. The first-order valence-corrected chi connectivity index (χ1v) is 12.1. The Hall–Kier alpha value is -4.08. The summed E-state index contributed by atoms with van der Waals surface area (Å²) in [5.74, 6) is -6.35. The zero-order chi connectivity index (χ0) is 27.0. The Labute approximate surface area is 215 Å². The highest BCUT2D eigenvalue weighted by Crippen LogP contribution is 2.44. The molecule has 198 valence electrons. The van der Waals surface area contributed by atoms with Crippen LogP contribution in [0.2, 0.25) is 0 Å². The summed E-state index contributed by atoms with van der Waals surface area (Å²) < 4.78 is 68.1. The van der Waals surface area contributed by atoms with Gasteiger partial charge in [-0.25, -0.2) is 22.4 Å². The average molecular weight is 529 g/mol. The lowest BCUT2D eigenvalue weighted by Gasteiger charge is -2.25. The molecule has 38 heavy (non-hydrogen) atoms. The van der Waals surface area contributed by atoms with Crippen LogP contribution in [0.4, 0.5) is 17.6 Å². The van der Waals surface area contributed by atoms with Crippen molar-refractivity contribution in [2.24, 2.45) is 0 Å². The van der Waals surface area contributed by atoms with Crippen molar-refractivity contribution in [2.75, 3.05) is 6.61 Å². The number of nitrogens with one attached hydrogen (secondary N) is 1. The molecule has 0 saturated heterocycles. The van der Waals surface area contributed by atoms with Crippen LogP contribution in [0.15, 0.2) is 42.5 Å². The molecule has 5 rings (SSSR count). The third kappa shape index (κ3) is 5.16. The van der Waals surface area contributed by atoms with E-state index in [2.05, 4.69) is 5.32 Å². The van der Waals surface area contributed by atoms with E-state index < -0.39 is 46.8 Å². The number of rotatable bonds is 8. The van der Waals surface area contributed by atoms with Gasteiger partial charge in [-0.1, -0.05) is 18.2 Å². The summed E-state index contributed by atoms with van der Waals surface area (Å²) >= 11 is 0. The summed E-state index contributed by atoms with van der Waals surface area (Å²) in [6, 6.07) is 6.67. The van der Waals surface area contributed by atoms with E-state index in [-0.39, 0.29) is 18.3 Å². The van der Waals surface area contributed by atoms with Crippen LogP contribution >= 0.6 is 0 Å². The van der Waals surface area contributed by atoms with E-state index in [4.69, 9.17) is 9.47 Å². The number of fused-ring (bicyclic) bond motifs is 1. The number of aliphatic carboxylic acids is 1. The number of carbonyl (C=O) groups excluding carboxylic acids is 1. The summed E-state index contributed by atoms with van der Waals surface area (Å²) in [6.45, 7) is 0.359. The molecule has 2 N–H and O–H groups in total. The monoisotopic (exact) mass is 529 g/mol. The van der Waals surface area contributed by atoms with Crippen LogP contribution in [-0.2, 0) is 17.6 Å². The summed E-state index contributed by atoms with van der Waals surface area (Å²) in [5, 5.41) is 12.0. The Bertz CT molecular complexity index is 1400. The number of carboxylic acid groups (broad SMARTS) is 1. The quantitative estimate of drug-likeness (QED) is 0.392. The maximum Gasteiger partial charge on any atom is 0.326 e. The first-order valence-electron chi connectivity index (χ1n) is 12.1. The minimum atomic E-state index is -1.50. The number of carbonyl (C=O) groups is 2. The molecule has 6 nitrogen and oxygen atoms in total. The second-order valence-electron chi connectivity index (χ2n) is 9.28. The van der Waals surface area contributed by atoms with E-state index in [0.29, 0.717) is 47.5 Å². The number of benzene rings is 3. The fourth-order valence-electron chi connectivity index (χ4n) is 4.50. The Morgan fingerprint density at radius 3 is 2.39 bits per heavy atom. The number of ether oxygens (including phenoxy) is 2. The van der Waals surface area contributed by atoms with Gasteiger partial charge in [0.25, 0.3) is 5.91 Å². The molecule has 1 saturated carbocycles. The van der Waals surface area contributed by atoms with Crippen LogP contribution in [0.25, 0.3) is 11.1 Å². The van der Waals surface area contributed by atoms with E-state index in [1.165, 1.54) is 0 Å². The second kappa shape index (κ2) is 10.4. The molecule has 1 heterocycles. The molecule has 1 fully saturated rings. The number of carboxylic acids is 1. The first-order chi connectivity index (χ1) is 18.2. The Morgan fingerprint density at radius 1 is 1.00 bits per heavy atom. The van der Waals surface area contributed by atoms with Gasteiger partial charge >= 0.3 is 5.97 Å². The summed E-state index contributed by atoms with van der Waals surface area (Å²) in [5.41, 5.74) is 1.06. The van der Waals surface area contributed by atoms with Crippen LogP contribution in [-0.4, -0.2) is 35.7 Å². The Kier molecular flexibility index (Phi) is 6.96. The van der Waals surface area contributed by atoms with Crippen LogP contribution in [0.1, 0.15) is 40.7 Å². The highest BCUT2D eigenvalue weighted by Gasteiger charge is 2.30. The molecule has 0 spiro atoms. The number of amides is 1. The van der Waals surface area contributed by atoms with Gasteiger partial charge in [-0.05, 0) is 55.0 Å². The van der Waals surface area contributed by atoms with Crippen molar-refractivity contribution in [3.63, 3.8) is 0 Å². The number of hydrogen-bond donors (Lipinski definition) is 2. The lowest BCUT2D eigenvalue weighted by molar-refractivity contribution is -0.139. The molecular formula is C28H23F4NO5. The van der Waals surface area contributed by atoms with Crippen LogP contribution < -0.4 is 14.8 Å². The standard InChI is InChI=1S/C28H23F4NO5/c29-19-4-1-5-20(30)25(19)27(34)33-23(28(35)36)11-14-6-9-17(26-16(14)3-2-10-37-26)18-12-21(31)22(32)13-24(18)38-15-7-8-15/h1,4-6,9,12-13,15,23H,2-3,7-8,10-11H2,(H,33,34)(H,35,36). The molecule has 1 amide bonds. The van der Waals surface area contributed by atoms with E-state index in [1.807, 2.05) is 0 Å². The van der Waals surface area contributed by atoms with Gasteiger partial charge in [0, 0.05) is 23.6 Å². The number of hydrogen-bond acceptors (Lipinski definition) is 4. The zero-order valence-corrected chi connectivity index (χ0v) is 20.0. The third-order valence-electron chi connectivity index (χ3n) is 6.52. The van der Waals surface area contributed by atoms with Crippen molar-refractivity contribution in [2.45, 2.75) is 44.2 Å². The van der Waals surface area contributed by atoms with Crippen LogP contribution in [0.5, 0.6) is 11.5 Å². The molecule has 2 aliphatic rings. The van der Waals surface area contributed by atoms with Gasteiger partial charge in [0.05, 0.1) is 12.7 Å². The van der Waals surface area contributed by atoms with Gasteiger partial charge in [0.15, 0.2) is 11.6 Å². The Morgan fingerprint density at radius 2 is 1.71 bits per heavy atom. The highest BCUT2D eigenvalue weighted by molar-refractivity contribution is 5.97. The fourth-order valence-corrected chi connectivity index (χ4v) is 4.50. The van der Waals surface area contributed by atoms with Gasteiger partial charge in [0.1, 0.15) is 34.7 Å². The van der Waals surface area contributed by atoms with Crippen LogP contribution in [0.3, 0.4) is 0 Å². The molecule has 1 aliphatic carbocycles.